The quantitative estimate of drug-likeness (QED) is 0.889. The fraction of sp³-hybridized carbons (Fsp3) is 0.600. The van der Waals surface area contributed by atoms with Gasteiger partial charge in [0.25, 0.3) is 0 Å². The molecule has 0 amide bonds. The number of likely N-dealkylation sites (N-methyl/N-ethyl adjacent to an activating group) is 1. The number of halogens is 2. The van der Waals surface area contributed by atoms with Crippen LogP contribution in [0.1, 0.15) is 25.3 Å². The largest absolute Gasteiger partial charge is 0.381 e. The molecule has 0 saturated carbocycles. The minimum Gasteiger partial charge on any atom is -0.381 e. The Morgan fingerprint density at radius 2 is 2.26 bits per heavy atom. The van der Waals surface area contributed by atoms with E-state index in [4.69, 9.17) is 27.9 Å². The Morgan fingerprint density at radius 1 is 1.42 bits per heavy atom. The highest BCUT2D eigenvalue weighted by molar-refractivity contribution is 6.33. The Balaban J connectivity index is 2.08. The zero-order valence-electron chi connectivity index (χ0n) is 11.3. The second kappa shape index (κ2) is 7.49. The molecule has 2 unspecified atom stereocenters. The fourth-order valence-corrected chi connectivity index (χ4v) is 3.08. The second-order valence-electron chi connectivity index (χ2n) is 5.08. The molecule has 19 heavy (non-hydrogen) atoms. The lowest BCUT2D eigenvalue weighted by molar-refractivity contribution is 0.0396. The molecule has 1 heterocycles. The molecular weight excluding hydrogens is 281 g/mol. The highest BCUT2D eigenvalue weighted by atomic mass is 35.5. The molecule has 1 aromatic rings. The van der Waals surface area contributed by atoms with Crippen LogP contribution in [0.4, 0.5) is 0 Å². The van der Waals surface area contributed by atoms with Crippen molar-refractivity contribution in [2.45, 2.75) is 32.2 Å². The Morgan fingerprint density at radius 3 is 2.95 bits per heavy atom. The molecule has 4 heteroatoms. The van der Waals surface area contributed by atoms with Crippen molar-refractivity contribution in [1.29, 1.82) is 0 Å². The fourth-order valence-electron chi connectivity index (χ4n) is 2.69. The smallest absolute Gasteiger partial charge is 0.0509 e. The van der Waals surface area contributed by atoms with Gasteiger partial charge in [0, 0.05) is 22.7 Å². The summed E-state index contributed by atoms with van der Waals surface area (Å²) in [6.07, 6.45) is 3.27. The summed E-state index contributed by atoms with van der Waals surface area (Å²) in [5, 5.41) is 5.11. The molecule has 0 aromatic heterocycles. The third kappa shape index (κ3) is 4.35. The molecule has 2 rings (SSSR count). The summed E-state index contributed by atoms with van der Waals surface area (Å²) in [6, 6.07) is 6.08. The van der Waals surface area contributed by atoms with E-state index in [1.54, 1.807) is 0 Å². The van der Waals surface area contributed by atoms with Gasteiger partial charge in [-0.2, -0.15) is 0 Å². The molecule has 2 atom stereocenters. The van der Waals surface area contributed by atoms with Crippen LogP contribution in [0.2, 0.25) is 10.0 Å². The molecule has 0 bridgehead atoms. The van der Waals surface area contributed by atoms with Crippen molar-refractivity contribution in [2.75, 3.05) is 19.8 Å². The van der Waals surface area contributed by atoms with Gasteiger partial charge in [0.05, 0.1) is 6.61 Å². The van der Waals surface area contributed by atoms with Crippen LogP contribution in [0.15, 0.2) is 18.2 Å². The summed E-state index contributed by atoms with van der Waals surface area (Å²) in [4.78, 5) is 0. The zero-order chi connectivity index (χ0) is 13.7. The first-order valence-corrected chi connectivity index (χ1v) is 7.71. The maximum absolute atomic E-state index is 6.26. The third-order valence-corrected chi connectivity index (χ3v) is 4.28. The van der Waals surface area contributed by atoms with Crippen LogP contribution in [-0.2, 0) is 11.2 Å². The van der Waals surface area contributed by atoms with Gasteiger partial charge < -0.3 is 10.1 Å². The highest BCUT2D eigenvalue weighted by Gasteiger charge is 2.24. The van der Waals surface area contributed by atoms with Crippen LogP contribution in [0.25, 0.3) is 0 Å². The van der Waals surface area contributed by atoms with E-state index in [2.05, 4.69) is 12.2 Å². The summed E-state index contributed by atoms with van der Waals surface area (Å²) in [5.74, 6) is 0.559. The van der Waals surface area contributed by atoms with Crippen molar-refractivity contribution in [3.05, 3.63) is 33.8 Å². The van der Waals surface area contributed by atoms with E-state index in [-0.39, 0.29) is 0 Å². The average Bonchev–Trinajstić information content (AvgIpc) is 2.43. The van der Waals surface area contributed by atoms with E-state index in [1.165, 1.54) is 6.42 Å². The average molecular weight is 302 g/mol. The number of hydrogen-bond donors (Lipinski definition) is 1. The van der Waals surface area contributed by atoms with E-state index in [0.717, 1.165) is 48.2 Å². The Labute approximate surface area is 125 Å². The van der Waals surface area contributed by atoms with Crippen LogP contribution in [-0.4, -0.2) is 25.8 Å². The lowest BCUT2D eigenvalue weighted by atomic mass is 9.89. The first kappa shape index (κ1) is 15.1. The predicted molar refractivity (Wildman–Crippen MR) is 81.2 cm³/mol. The van der Waals surface area contributed by atoms with Gasteiger partial charge in [0.1, 0.15) is 0 Å². The Kier molecular flexibility index (Phi) is 5.96. The topological polar surface area (TPSA) is 21.3 Å². The van der Waals surface area contributed by atoms with Crippen LogP contribution < -0.4 is 5.32 Å². The monoisotopic (exact) mass is 301 g/mol. The molecule has 2 nitrogen and oxygen atoms in total. The summed E-state index contributed by atoms with van der Waals surface area (Å²) in [6.45, 7) is 4.83. The molecule has 0 aliphatic carbocycles. The lowest BCUT2D eigenvalue weighted by Crippen LogP contribution is -2.41. The normalized spacial score (nSPS) is 21.3. The van der Waals surface area contributed by atoms with Gasteiger partial charge in [0.15, 0.2) is 0 Å². The summed E-state index contributed by atoms with van der Waals surface area (Å²) in [5.41, 5.74) is 1.12. The van der Waals surface area contributed by atoms with Gasteiger partial charge in [0.2, 0.25) is 0 Å². The van der Waals surface area contributed by atoms with Crippen LogP contribution in [0.5, 0.6) is 0 Å². The Bertz CT molecular complexity index is 405. The first-order chi connectivity index (χ1) is 9.20. The van der Waals surface area contributed by atoms with Crippen LogP contribution >= 0.6 is 23.2 Å². The van der Waals surface area contributed by atoms with Gasteiger partial charge in [-0.05, 0) is 55.5 Å². The maximum Gasteiger partial charge on any atom is 0.0509 e. The van der Waals surface area contributed by atoms with Gasteiger partial charge >= 0.3 is 0 Å². The van der Waals surface area contributed by atoms with E-state index >= 15 is 0 Å². The number of benzene rings is 1. The van der Waals surface area contributed by atoms with Crippen molar-refractivity contribution in [3.8, 4) is 0 Å². The molecule has 1 aromatic carbocycles. The minimum absolute atomic E-state index is 0.404. The number of hydrogen-bond acceptors (Lipinski definition) is 2. The Hall–Kier alpha value is -0.280. The number of nitrogens with one attached hydrogen (secondary N) is 1. The molecule has 0 spiro atoms. The number of rotatable bonds is 5. The van der Waals surface area contributed by atoms with E-state index < -0.39 is 0 Å². The predicted octanol–water partition coefficient (Wildman–Crippen LogP) is 3.94. The molecular formula is C15H21Cl2NO. The van der Waals surface area contributed by atoms with Gasteiger partial charge in [-0.15, -0.1) is 0 Å². The van der Waals surface area contributed by atoms with Crippen molar-refractivity contribution in [3.63, 3.8) is 0 Å². The summed E-state index contributed by atoms with van der Waals surface area (Å²) in [7, 11) is 0. The van der Waals surface area contributed by atoms with Crippen LogP contribution in [0, 0.1) is 5.92 Å². The van der Waals surface area contributed by atoms with Gasteiger partial charge in [-0.3, -0.25) is 0 Å². The first-order valence-electron chi connectivity index (χ1n) is 6.95. The summed E-state index contributed by atoms with van der Waals surface area (Å²) < 4.78 is 5.60. The van der Waals surface area contributed by atoms with Crippen LogP contribution in [0.3, 0.4) is 0 Å². The van der Waals surface area contributed by atoms with E-state index in [9.17, 15) is 0 Å². The summed E-state index contributed by atoms with van der Waals surface area (Å²) >= 11 is 12.3. The molecule has 1 aliphatic rings. The molecule has 1 aliphatic heterocycles. The zero-order valence-corrected chi connectivity index (χ0v) is 12.8. The lowest BCUT2D eigenvalue weighted by Gasteiger charge is -2.31. The third-order valence-electron chi connectivity index (χ3n) is 3.68. The van der Waals surface area contributed by atoms with E-state index in [0.29, 0.717) is 12.0 Å². The minimum atomic E-state index is 0.404. The number of ether oxygens (including phenoxy) is 1. The SMILES string of the molecule is CCNC(Cc1cc(Cl)ccc1Cl)C1CCCOC1. The van der Waals surface area contributed by atoms with E-state index in [1.807, 2.05) is 18.2 Å². The van der Waals surface area contributed by atoms with Crippen molar-refractivity contribution in [2.24, 2.45) is 5.92 Å². The molecule has 106 valence electrons. The van der Waals surface area contributed by atoms with Crippen molar-refractivity contribution < 1.29 is 4.74 Å². The maximum atomic E-state index is 6.26. The van der Waals surface area contributed by atoms with Gasteiger partial charge in [-0.25, -0.2) is 0 Å². The molecule has 1 fully saturated rings. The second-order valence-corrected chi connectivity index (χ2v) is 5.92. The highest BCUT2D eigenvalue weighted by Crippen LogP contribution is 2.26. The van der Waals surface area contributed by atoms with Gasteiger partial charge in [-0.1, -0.05) is 30.1 Å². The molecule has 1 N–H and O–H groups in total. The standard InChI is InChI=1S/C15H21Cl2NO/c1-2-18-15(11-4-3-7-19-10-11)9-12-8-13(16)5-6-14(12)17/h5-6,8,11,15,18H,2-4,7,9-10H2,1H3. The molecule has 1 saturated heterocycles. The molecule has 0 radical (unpaired) electrons. The van der Waals surface area contributed by atoms with Crippen molar-refractivity contribution in [1.82, 2.24) is 5.32 Å². The van der Waals surface area contributed by atoms with Crippen molar-refractivity contribution >= 4 is 23.2 Å².